The van der Waals surface area contributed by atoms with Gasteiger partial charge in [0, 0.05) is 18.9 Å². The number of sulfonamides is 1. The van der Waals surface area contributed by atoms with E-state index in [-0.39, 0.29) is 28.7 Å². The van der Waals surface area contributed by atoms with Crippen LogP contribution in [0.25, 0.3) is 0 Å². The van der Waals surface area contributed by atoms with Gasteiger partial charge in [-0.25, -0.2) is 4.39 Å². The molecule has 0 bridgehead atoms. The fourth-order valence-corrected chi connectivity index (χ4v) is 4.77. The number of halogens is 1. The van der Waals surface area contributed by atoms with Crippen molar-refractivity contribution < 1.29 is 17.9 Å². The lowest BCUT2D eigenvalue weighted by Crippen LogP contribution is -2.40. The van der Waals surface area contributed by atoms with Crippen LogP contribution in [0.3, 0.4) is 0 Å². The van der Waals surface area contributed by atoms with E-state index in [0.29, 0.717) is 30.8 Å². The van der Waals surface area contributed by atoms with E-state index < -0.39 is 10.4 Å². The Labute approximate surface area is 174 Å². The molecule has 0 saturated carbocycles. The molecule has 154 valence electrons. The number of hydrogen-bond acceptors (Lipinski definition) is 5. The number of rotatable bonds is 5. The molecule has 2 aromatic heterocycles. The quantitative estimate of drug-likeness (QED) is 0.633. The summed E-state index contributed by atoms with van der Waals surface area (Å²) in [6.45, 7) is 0.514. The number of carbonyl (C=O) groups excluding carboxylic acids is 1. The molecular formula is C21H19FN4O3S. The van der Waals surface area contributed by atoms with Crippen LogP contribution in [-0.2, 0) is 27.6 Å². The van der Waals surface area contributed by atoms with Gasteiger partial charge in [0.15, 0.2) is 15.3 Å². The molecule has 0 fully saturated rings. The number of nitrogens with one attached hydrogen (secondary N) is 1. The van der Waals surface area contributed by atoms with Gasteiger partial charge < -0.3 is 9.87 Å². The monoisotopic (exact) mass is 426 g/mol. The average Bonchev–Trinajstić information content (AvgIpc) is 2.78. The first-order chi connectivity index (χ1) is 14.4. The van der Waals surface area contributed by atoms with E-state index >= 15 is 0 Å². The molecule has 9 heteroatoms. The molecule has 0 saturated heterocycles. The second-order valence-electron chi connectivity index (χ2n) is 6.87. The van der Waals surface area contributed by atoms with Gasteiger partial charge in [-0.3, -0.25) is 14.8 Å². The highest BCUT2D eigenvalue weighted by molar-refractivity contribution is 7.99. The van der Waals surface area contributed by atoms with Gasteiger partial charge in [-0.2, -0.15) is 4.31 Å². The minimum Gasteiger partial charge on any atom is -0.588 e. The van der Waals surface area contributed by atoms with Crippen LogP contribution >= 0.6 is 0 Å². The first-order valence-corrected chi connectivity index (χ1v) is 10.8. The molecule has 0 aliphatic carbocycles. The van der Waals surface area contributed by atoms with Gasteiger partial charge in [0.2, 0.25) is 0 Å². The van der Waals surface area contributed by atoms with E-state index in [4.69, 9.17) is 0 Å². The standard InChI is InChI=1S/C21H19FN4O3S/c22-17-7-5-15(6-8-17)12-25-21(27)16-11-20-19(24-13-16)4-2-10-26(20)30(28,29)18-3-1-9-23-14-18/h1,3,5-9,11,13-14H,2,4,10,12H2,(H-,25,27,28,29). The largest absolute Gasteiger partial charge is 0.588 e. The van der Waals surface area contributed by atoms with Crippen LogP contribution in [0.4, 0.5) is 10.1 Å². The summed E-state index contributed by atoms with van der Waals surface area (Å²) in [6.07, 6.45) is 5.52. The highest BCUT2D eigenvalue weighted by Gasteiger charge is 2.35. The molecule has 4 rings (SSSR count). The summed E-state index contributed by atoms with van der Waals surface area (Å²) in [5.41, 5.74) is 2.03. The molecule has 1 aliphatic rings. The molecule has 0 radical (unpaired) electrons. The Morgan fingerprint density at radius 2 is 2.03 bits per heavy atom. The lowest BCUT2D eigenvalue weighted by atomic mass is 10.1. The van der Waals surface area contributed by atoms with Gasteiger partial charge in [-0.05, 0) is 48.7 Å². The van der Waals surface area contributed by atoms with Crippen molar-refractivity contribution in [1.29, 1.82) is 0 Å². The highest BCUT2D eigenvalue weighted by Crippen LogP contribution is 2.33. The Balaban J connectivity index is 1.58. The lowest BCUT2D eigenvalue weighted by molar-refractivity contribution is 0.0950. The third-order valence-electron chi connectivity index (χ3n) is 4.84. The molecule has 7 nitrogen and oxygen atoms in total. The van der Waals surface area contributed by atoms with Crippen LogP contribution in [0.2, 0.25) is 0 Å². The van der Waals surface area contributed by atoms with Crippen LogP contribution in [0.1, 0.15) is 28.0 Å². The highest BCUT2D eigenvalue weighted by atomic mass is 32.3. The second-order valence-corrected chi connectivity index (χ2v) is 8.73. The van der Waals surface area contributed by atoms with E-state index in [1.165, 1.54) is 41.1 Å². The maximum absolute atomic E-state index is 13.1. The third-order valence-corrected chi connectivity index (χ3v) is 6.64. The maximum atomic E-state index is 13.1. The molecule has 1 N–H and O–H groups in total. The van der Waals surface area contributed by atoms with E-state index in [9.17, 15) is 17.9 Å². The van der Waals surface area contributed by atoms with Crippen molar-refractivity contribution in [3.63, 3.8) is 0 Å². The Kier molecular flexibility index (Phi) is 5.56. The summed E-state index contributed by atoms with van der Waals surface area (Å²) in [6, 6.07) is 10.4. The topological polar surface area (TPSA) is 98.2 Å². The number of aryl methyl sites for hydroxylation is 1. The molecular weight excluding hydrogens is 407 g/mol. The fraction of sp³-hybridized carbons (Fsp3) is 0.190. The van der Waals surface area contributed by atoms with Gasteiger partial charge in [0.25, 0.3) is 5.91 Å². The number of carbonyl (C=O) groups is 1. The molecule has 0 spiro atoms. The number of aromatic nitrogens is 2. The van der Waals surface area contributed by atoms with Crippen LogP contribution < -0.4 is 9.62 Å². The molecule has 30 heavy (non-hydrogen) atoms. The van der Waals surface area contributed by atoms with E-state index in [1.807, 2.05) is 0 Å². The van der Waals surface area contributed by atoms with E-state index in [0.717, 1.165) is 5.56 Å². The minimum atomic E-state index is -3.81. The summed E-state index contributed by atoms with van der Waals surface area (Å²) in [4.78, 5) is 20.9. The van der Waals surface area contributed by atoms with Gasteiger partial charge in [0.1, 0.15) is 11.5 Å². The summed E-state index contributed by atoms with van der Waals surface area (Å²) < 4.78 is 40.5. The van der Waals surface area contributed by atoms with Crippen LogP contribution in [0, 0.1) is 5.82 Å². The maximum Gasteiger partial charge on any atom is 0.253 e. The van der Waals surface area contributed by atoms with Crippen molar-refractivity contribution in [3.05, 3.63) is 83.7 Å². The zero-order valence-electron chi connectivity index (χ0n) is 16.0. The molecule has 1 aromatic carbocycles. The van der Waals surface area contributed by atoms with E-state index in [2.05, 4.69) is 15.3 Å². The van der Waals surface area contributed by atoms with Crippen molar-refractivity contribution in [2.75, 3.05) is 10.8 Å². The molecule has 1 aliphatic heterocycles. The van der Waals surface area contributed by atoms with Crippen LogP contribution in [0.5, 0.6) is 0 Å². The number of anilines is 1. The Morgan fingerprint density at radius 1 is 1.23 bits per heavy atom. The molecule has 3 aromatic rings. The van der Waals surface area contributed by atoms with Crippen LogP contribution in [-0.4, -0.2) is 27.0 Å². The summed E-state index contributed by atoms with van der Waals surface area (Å²) in [5.74, 6) is -0.738. The van der Waals surface area contributed by atoms with Gasteiger partial charge >= 0.3 is 0 Å². The predicted molar refractivity (Wildman–Crippen MR) is 109 cm³/mol. The Hall–Kier alpha value is -3.17. The Bertz CT molecular complexity index is 1110. The van der Waals surface area contributed by atoms with Gasteiger partial charge in [0.05, 0.1) is 24.0 Å². The number of pyridine rings is 2. The first kappa shape index (κ1) is 20.1. The number of benzene rings is 1. The lowest BCUT2D eigenvalue weighted by Gasteiger charge is -2.32. The zero-order chi connectivity index (χ0) is 21.1. The van der Waals surface area contributed by atoms with Gasteiger partial charge in [-0.15, -0.1) is 0 Å². The summed E-state index contributed by atoms with van der Waals surface area (Å²) in [7, 11) is -3.81. The van der Waals surface area contributed by atoms with Crippen molar-refractivity contribution in [2.24, 2.45) is 0 Å². The second kappa shape index (κ2) is 8.29. The molecule has 1 unspecified atom stereocenters. The smallest absolute Gasteiger partial charge is 0.253 e. The zero-order valence-corrected chi connectivity index (χ0v) is 16.8. The molecule has 1 atom stereocenters. The van der Waals surface area contributed by atoms with Crippen LogP contribution in [0.15, 0.2) is 66.0 Å². The third kappa shape index (κ3) is 4.07. The number of nitrogens with zero attached hydrogens (tertiary/aromatic N) is 3. The number of hydrogen-bond donors (Lipinski definition) is 1. The Morgan fingerprint density at radius 3 is 2.77 bits per heavy atom. The molecule has 3 heterocycles. The molecule has 1 amide bonds. The number of fused-ring (bicyclic) bond motifs is 1. The predicted octanol–water partition coefficient (Wildman–Crippen LogP) is 2.90. The van der Waals surface area contributed by atoms with Crippen molar-refractivity contribution in [2.45, 2.75) is 24.3 Å². The average molecular weight is 426 g/mol. The van der Waals surface area contributed by atoms with Crippen molar-refractivity contribution in [3.8, 4) is 0 Å². The number of amides is 1. The van der Waals surface area contributed by atoms with Crippen molar-refractivity contribution >= 4 is 22.0 Å². The minimum absolute atomic E-state index is 0.0871. The van der Waals surface area contributed by atoms with Crippen molar-refractivity contribution in [1.82, 2.24) is 15.3 Å². The van der Waals surface area contributed by atoms with Gasteiger partial charge in [-0.1, -0.05) is 16.3 Å². The fourth-order valence-electron chi connectivity index (χ4n) is 3.29. The normalized spacial score (nSPS) is 15.2. The first-order valence-electron chi connectivity index (χ1n) is 9.39. The summed E-state index contributed by atoms with van der Waals surface area (Å²) in [5, 5.41) is 2.75. The SMILES string of the molecule is O=C(NCc1ccc(F)cc1)c1cnc2c(c1)N([S+](=O)([O-])c1cccnc1)CCC2. The summed E-state index contributed by atoms with van der Waals surface area (Å²) >= 11 is 0. The van der Waals surface area contributed by atoms with E-state index in [1.54, 1.807) is 24.3 Å².